The summed E-state index contributed by atoms with van der Waals surface area (Å²) in [7, 11) is 0. The molecular weight excluding hydrogens is 451 g/mol. The number of hydrogen-bond donors (Lipinski definition) is 2. The van der Waals surface area contributed by atoms with Crippen LogP contribution in [0.5, 0.6) is 0 Å². The maximum atomic E-state index is 14.8. The molecule has 0 spiro atoms. The van der Waals surface area contributed by atoms with E-state index in [2.05, 4.69) is 25.7 Å². The number of aromatic nitrogens is 4. The number of ether oxygens (including phenoxy) is 2. The Morgan fingerprint density at radius 1 is 1.21 bits per heavy atom. The Hall–Kier alpha value is -2.82. The van der Waals surface area contributed by atoms with Gasteiger partial charge in [0.1, 0.15) is 5.67 Å². The number of amides is 1. The number of nitrogens with zero attached hydrogens (tertiary/aromatic N) is 4. The van der Waals surface area contributed by atoms with Gasteiger partial charge in [-0.05, 0) is 12.5 Å². The second kappa shape index (κ2) is 9.20. The lowest BCUT2D eigenvalue weighted by Gasteiger charge is -2.30. The Morgan fingerprint density at radius 2 is 2.03 bits per heavy atom. The molecule has 2 fully saturated rings. The summed E-state index contributed by atoms with van der Waals surface area (Å²) in [5.41, 5.74) is 1.65. The summed E-state index contributed by atoms with van der Waals surface area (Å²) in [5, 5.41) is 10.9. The summed E-state index contributed by atoms with van der Waals surface area (Å²) < 4.78 is 26.9. The first kappa shape index (κ1) is 22.0. The van der Waals surface area contributed by atoms with Crippen LogP contribution in [-0.4, -0.2) is 70.2 Å². The Morgan fingerprint density at radius 3 is 2.79 bits per heavy atom. The second-order valence-corrected chi connectivity index (χ2v) is 8.80. The molecule has 2 aliphatic rings. The van der Waals surface area contributed by atoms with Gasteiger partial charge >= 0.3 is 0 Å². The molecule has 3 aromatic rings. The van der Waals surface area contributed by atoms with Crippen LogP contribution < -0.4 is 10.6 Å². The molecule has 0 radical (unpaired) electrons. The monoisotopic (exact) mass is 474 g/mol. The van der Waals surface area contributed by atoms with Gasteiger partial charge in [-0.3, -0.25) is 9.78 Å². The van der Waals surface area contributed by atoms with Crippen molar-refractivity contribution in [3.63, 3.8) is 0 Å². The molecule has 33 heavy (non-hydrogen) atoms. The first-order chi connectivity index (χ1) is 16.0. The predicted molar refractivity (Wildman–Crippen MR) is 120 cm³/mol. The molecular formula is C22H24ClFN6O3. The quantitative estimate of drug-likeness (QED) is 0.542. The average Bonchev–Trinajstić information content (AvgIpc) is 3.19. The summed E-state index contributed by atoms with van der Waals surface area (Å²) in [6.07, 6.45) is 7.35. The molecule has 5 heterocycles. The molecule has 0 unspecified atom stereocenters. The van der Waals surface area contributed by atoms with Crippen molar-refractivity contribution >= 4 is 28.8 Å². The molecule has 0 aromatic carbocycles. The van der Waals surface area contributed by atoms with Crippen LogP contribution in [0.25, 0.3) is 16.9 Å². The van der Waals surface area contributed by atoms with Gasteiger partial charge in [0.15, 0.2) is 5.65 Å². The first-order valence-corrected chi connectivity index (χ1v) is 11.3. The summed E-state index contributed by atoms with van der Waals surface area (Å²) >= 11 is 6.00. The van der Waals surface area contributed by atoms with Crippen molar-refractivity contribution in [3.05, 3.63) is 41.4 Å². The third-order valence-electron chi connectivity index (χ3n) is 5.99. The highest BCUT2D eigenvalue weighted by atomic mass is 35.5. The van der Waals surface area contributed by atoms with Crippen molar-refractivity contribution in [2.75, 3.05) is 38.3 Å². The molecule has 174 valence electrons. The van der Waals surface area contributed by atoms with Crippen molar-refractivity contribution in [2.24, 2.45) is 0 Å². The number of fused-ring (bicyclic) bond motifs is 1. The van der Waals surface area contributed by atoms with Gasteiger partial charge in [0, 0.05) is 45.0 Å². The summed E-state index contributed by atoms with van der Waals surface area (Å²) in [6, 6.07) is 1.90. The van der Waals surface area contributed by atoms with E-state index in [0.717, 1.165) is 0 Å². The van der Waals surface area contributed by atoms with Gasteiger partial charge in [-0.2, -0.15) is 5.10 Å². The summed E-state index contributed by atoms with van der Waals surface area (Å²) in [6.45, 7) is 2.18. The van der Waals surface area contributed by atoms with Crippen LogP contribution in [0.1, 0.15) is 29.6 Å². The minimum Gasteiger partial charge on any atom is -0.381 e. The predicted octanol–water partition coefficient (Wildman–Crippen LogP) is 2.89. The van der Waals surface area contributed by atoms with E-state index < -0.39 is 5.67 Å². The molecule has 2 saturated heterocycles. The van der Waals surface area contributed by atoms with Crippen LogP contribution in [-0.2, 0) is 9.47 Å². The van der Waals surface area contributed by atoms with Crippen LogP contribution in [0.4, 0.5) is 10.1 Å². The highest BCUT2D eigenvalue weighted by molar-refractivity contribution is 6.30. The maximum Gasteiger partial charge on any atom is 0.254 e. The highest BCUT2D eigenvalue weighted by Gasteiger charge is 2.32. The van der Waals surface area contributed by atoms with Crippen molar-refractivity contribution in [2.45, 2.75) is 31.0 Å². The fourth-order valence-electron chi connectivity index (χ4n) is 3.96. The number of hydrogen-bond acceptors (Lipinski definition) is 7. The molecule has 0 aliphatic carbocycles. The molecule has 1 amide bonds. The van der Waals surface area contributed by atoms with E-state index in [1.54, 1.807) is 29.2 Å². The van der Waals surface area contributed by atoms with Gasteiger partial charge in [0.25, 0.3) is 5.91 Å². The molecule has 0 saturated carbocycles. The normalized spacial score (nSPS) is 18.1. The lowest BCUT2D eigenvalue weighted by molar-refractivity contribution is -0.0125. The minimum absolute atomic E-state index is 0.101. The van der Waals surface area contributed by atoms with Crippen LogP contribution in [0.3, 0.4) is 0 Å². The molecule has 2 aliphatic heterocycles. The molecule has 3 aromatic heterocycles. The molecule has 5 rings (SSSR count). The average molecular weight is 475 g/mol. The van der Waals surface area contributed by atoms with E-state index in [-0.39, 0.29) is 24.9 Å². The lowest BCUT2D eigenvalue weighted by atomic mass is 9.93. The largest absolute Gasteiger partial charge is 0.381 e. The maximum absolute atomic E-state index is 14.8. The topological polar surface area (TPSA) is 103 Å². The Kier molecular flexibility index (Phi) is 6.13. The number of carbonyl (C=O) groups excluding carboxylic acids is 1. The molecule has 9 nitrogen and oxygen atoms in total. The van der Waals surface area contributed by atoms with E-state index in [0.29, 0.717) is 72.4 Å². The summed E-state index contributed by atoms with van der Waals surface area (Å²) in [5.74, 6) is -0.308. The Bertz CT molecular complexity index is 1160. The van der Waals surface area contributed by atoms with Gasteiger partial charge in [0.2, 0.25) is 0 Å². The molecule has 2 N–H and O–H groups in total. The number of rotatable bonds is 7. The van der Waals surface area contributed by atoms with Crippen LogP contribution in [0.2, 0.25) is 5.02 Å². The summed E-state index contributed by atoms with van der Waals surface area (Å²) in [4.78, 5) is 21.8. The van der Waals surface area contributed by atoms with Crippen molar-refractivity contribution < 1.29 is 18.7 Å². The minimum atomic E-state index is -1.29. The van der Waals surface area contributed by atoms with Gasteiger partial charge in [-0.25, -0.2) is 13.9 Å². The smallest absolute Gasteiger partial charge is 0.254 e. The number of nitrogens with one attached hydrogen (secondary N) is 2. The van der Waals surface area contributed by atoms with Gasteiger partial charge in [-0.1, -0.05) is 11.6 Å². The standard InChI is InChI=1S/C22H24ClFN6O3/c23-14-8-27-20-16(10-28-30(20)11-14)18-7-19(29-15-12-33-13-15)17(9-26-18)21(31)25-4-1-22(24)2-5-32-6-3-22/h7-11,15H,1-6,12-13H2,(H,25,31)(H,26,29). The zero-order valence-corrected chi connectivity index (χ0v) is 18.6. The fraction of sp³-hybridized carbons (Fsp3) is 0.455. The van der Waals surface area contributed by atoms with E-state index in [4.69, 9.17) is 21.1 Å². The Balaban J connectivity index is 1.36. The van der Waals surface area contributed by atoms with E-state index >= 15 is 0 Å². The third-order valence-corrected chi connectivity index (χ3v) is 6.19. The van der Waals surface area contributed by atoms with Crippen LogP contribution >= 0.6 is 11.6 Å². The first-order valence-electron chi connectivity index (χ1n) is 10.9. The number of pyridine rings is 1. The van der Waals surface area contributed by atoms with Crippen molar-refractivity contribution in [1.82, 2.24) is 24.9 Å². The number of anilines is 1. The van der Waals surface area contributed by atoms with Crippen molar-refractivity contribution in [3.8, 4) is 11.3 Å². The zero-order valence-electron chi connectivity index (χ0n) is 17.9. The van der Waals surface area contributed by atoms with Crippen LogP contribution in [0, 0.1) is 0 Å². The van der Waals surface area contributed by atoms with Gasteiger partial charge in [0.05, 0.1) is 59.2 Å². The fourth-order valence-corrected chi connectivity index (χ4v) is 4.10. The SMILES string of the molecule is O=C(NCCC1(F)CCOCC1)c1cnc(-c2cnn3cc(Cl)cnc23)cc1NC1COC1. The molecule has 0 atom stereocenters. The number of alkyl halides is 1. The van der Waals surface area contributed by atoms with Crippen LogP contribution in [0.15, 0.2) is 30.9 Å². The molecule has 0 bridgehead atoms. The van der Waals surface area contributed by atoms with E-state index in [1.807, 2.05) is 0 Å². The Labute approximate surface area is 194 Å². The lowest BCUT2D eigenvalue weighted by Crippen LogP contribution is -2.41. The van der Waals surface area contributed by atoms with E-state index in [1.165, 1.54) is 6.20 Å². The zero-order chi connectivity index (χ0) is 22.8. The number of carbonyl (C=O) groups is 1. The van der Waals surface area contributed by atoms with Gasteiger partial charge in [-0.15, -0.1) is 0 Å². The van der Waals surface area contributed by atoms with Crippen molar-refractivity contribution in [1.29, 1.82) is 0 Å². The van der Waals surface area contributed by atoms with Gasteiger partial charge < -0.3 is 20.1 Å². The number of halogens is 2. The highest BCUT2D eigenvalue weighted by Crippen LogP contribution is 2.29. The second-order valence-electron chi connectivity index (χ2n) is 8.36. The molecule has 11 heteroatoms. The third kappa shape index (κ3) is 4.78. The van der Waals surface area contributed by atoms with E-state index in [9.17, 15) is 9.18 Å².